The summed E-state index contributed by atoms with van der Waals surface area (Å²) in [5, 5.41) is 0. The topological polar surface area (TPSA) is 56.5 Å². The number of nitrogens with one attached hydrogen (secondary N) is 1. The van der Waals surface area contributed by atoms with Crippen LogP contribution in [-0.4, -0.2) is 37.9 Å². The third kappa shape index (κ3) is 4.08. The molecular weight excluding hydrogens is 254 g/mol. The number of alkyl halides is 2. The molecule has 19 heavy (non-hydrogen) atoms. The summed E-state index contributed by atoms with van der Waals surface area (Å²) in [5.41, 5.74) is 2.91. The molecule has 112 valence electrons. The number of hydrazine groups is 1. The molecule has 0 aromatic carbocycles. The lowest BCUT2D eigenvalue weighted by Gasteiger charge is -2.48. The summed E-state index contributed by atoms with van der Waals surface area (Å²) in [6, 6.07) is 0.124. The Morgan fingerprint density at radius 3 is 2.79 bits per heavy atom. The second kappa shape index (κ2) is 6.92. The zero-order valence-electron chi connectivity index (χ0n) is 11.2. The molecular formula is C13H24F2N2O2. The van der Waals surface area contributed by atoms with E-state index < -0.39 is 13.0 Å². The number of nitrogens with two attached hydrogens (primary N) is 1. The summed E-state index contributed by atoms with van der Waals surface area (Å²) in [5.74, 6) is 6.05. The van der Waals surface area contributed by atoms with Gasteiger partial charge in [-0.05, 0) is 44.4 Å². The van der Waals surface area contributed by atoms with Gasteiger partial charge in [0.2, 0.25) is 0 Å². The zero-order valence-corrected chi connectivity index (χ0v) is 11.2. The molecule has 0 aromatic heterocycles. The fourth-order valence-electron chi connectivity index (χ4n) is 3.17. The quantitative estimate of drug-likeness (QED) is 0.424. The number of rotatable bonds is 7. The molecule has 3 N–H and O–H groups in total. The van der Waals surface area contributed by atoms with Crippen LogP contribution in [0.15, 0.2) is 0 Å². The highest BCUT2D eigenvalue weighted by Gasteiger charge is 2.44. The first-order chi connectivity index (χ1) is 9.15. The van der Waals surface area contributed by atoms with Crippen LogP contribution in [0.5, 0.6) is 0 Å². The fraction of sp³-hybridized carbons (Fsp3) is 1.00. The van der Waals surface area contributed by atoms with Crippen molar-refractivity contribution in [3.05, 3.63) is 0 Å². The molecule has 0 amide bonds. The van der Waals surface area contributed by atoms with Crippen molar-refractivity contribution in [3.63, 3.8) is 0 Å². The normalized spacial score (nSPS) is 27.5. The van der Waals surface area contributed by atoms with Crippen LogP contribution in [0.25, 0.3) is 0 Å². The molecule has 2 fully saturated rings. The van der Waals surface area contributed by atoms with Gasteiger partial charge in [0.05, 0.1) is 5.60 Å². The molecule has 1 aliphatic carbocycles. The number of ether oxygens (including phenoxy) is 2. The molecule has 1 aliphatic heterocycles. The van der Waals surface area contributed by atoms with Crippen molar-refractivity contribution in [1.82, 2.24) is 5.43 Å². The van der Waals surface area contributed by atoms with Crippen molar-refractivity contribution in [2.24, 2.45) is 11.8 Å². The van der Waals surface area contributed by atoms with Crippen LogP contribution < -0.4 is 11.3 Å². The predicted octanol–water partition coefficient (Wildman–Crippen LogP) is 1.84. The Kier molecular flexibility index (Phi) is 5.50. The van der Waals surface area contributed by atoms with Crippen molar-refractivity contribution in [2.45, 2.75) is 56.6 Å². The Bertz CT molecular complexity index is 275. The third-order valence-electron chi connectivity index (χ3n) is 4.40. The molecule has 2 aliphatic rings. The highest BCUT2D eigenvalue weighted by molar-refractivity contribution is 4.96. The average molecular weight is 278 g/mol. The van der Waals surface area contributed by atoms with Gasteiger partial charge in [-0.1, -0.05) is 0 Å². The zero-order chi connectivity index (χ0) is 13.7. The second-order valence-corrected chi connectivity index (χ2v) is 5.67. The molecule has 1 heterocycles. The van der Waals surface area contributed by atoms with Crippen LogP contribution in [0.3, 0.4) is 0 Å². The van der Waals surface area contributed by atoms with Gasteiger partial charge in [0.25, 0.3) is 6.43 Å². The van der Waals surface area contributed by atoms with E-state index in [9.17, 15) is 8.78 Å². The summed E-state index contributed by atoms with van der Waals surface area (Å²) in [7, 11) is 0. The summed E-state index contributed by atoms with van der Waals surface area (Å²) in [6.45, 7) is 0.610. The fourth-order valence-corrected chi connectivity index (χ4v) is 3.17. The van der Waals surface area contributed by atoms with Gasteiger partial charge in [0.1, 0.15) is 6.61 Å². The molecule has 2 rings (SSSR count). The molecule has 1 spiro atoms. The molecule has 1 saturated carbocycles. The minimum atomic E-state index is -2.40. The van der Waals surface area contributed by atoms with E-state index in [4.69, 9.17) is 15.3 Å². The smallest absolute Gasteiger partial charge is 0.261 e. The lowest BCUT2D eigenvalue weighted by molar-refractivity contribution is -0.148. The minimum absolute atomic E-state index is 0.0852. The number of hydrogen-bond acceptors (Lipinski definition) is 4. The van der Waals surface area contributed by atoms with Gasteiger partial charge < -0.3 is 9.47 Å². The van der Waals surface area contributed by atoms with Gasteiger partial charge in [0.15, 0.2) is 0 Å². The van der Waals surface area contributed by atoms with Gasteiger partial charge in [-0.2, -0.15) is 0 Å². The molecule has 0 bridgehead atoms. The monoisotopic (exact) mass is 278 g/mol. The van der Waals surface area contributed by atoms with Gasteiger partial charge >= 0.3 is 0 Å². The molecule has 0 aromatic rings. The van der Waals surface area contributed by atoms with E-state index in [1.54, 1.807) is 0 Å². The van der Waals surface area contributed by atoms with Crippen molar-refractivity contribution in [1.29, 1.82) is 0 Å². The third-order valence-corrected chi connectivity index (χ3v) is 4.40. The number of hydrogen-bond donors (Lipinski definition) is 2. The minimum Gasteiger partial charge on any atom is -0.375 e. The second-order valence-electron chi connectivity index (χ2n) is 5.67. The van der Waals surface area contributed by atoms with Crippen LogP contribution in [0, 0.1) is 5.92 Å². The van der Waals surface area contributed by atoms with Crippen LogP contribution >= 0.6 is 0 Å². The Morgan fingerprint density at radius 1 is 1.42 bits per heavy atom. The summed E-state index contributed by atoms with van der Waals surface area (Å²) < 4.78 is 34.8. The van der Waals surface area contributed by atoms with Gasteiger partial charge in [0, 0.05) is 19.3 Å². The maximum atomic E-state index is 12.0. The van der Waals surface area contributed by atoms with Crippen molar-refractivity contribution in [3.8, 4) is 0 Å². The summed E-state index contributed by atoms with van der Waals surface area (Å²) in [6.07, 6.45) is 3.80. The average Bonchev–Trinajstić information content (AvgIpc) is 2.37. The van der Waals surface area contributed by atoms with Crippen molar-refractivity contribution < 1.29 is 18.3 Å². The lowest BCUT2D eigenvalue weighted by Crippen LogP contribution is -2.51. The molecule has 2 atom stereocenters. The van der Waals surface area contributed by atoms with Crippen molar-refractivity contribution >= 4 is 0 Å². The molecule has 4 nitrogen and oxygen atoms in total. The highest BCUT2D eigenvalue weighted by Crippen LogP contribution is 2.45. The SMILES string of the molecule is NNC(CCOCC(F)F)C1CCOC2(CCC2)C1. The first-order valence-corrected chi connectivity index (χ1v) is 7.11. The van der Waals surface area contributed by atoms with E-state index in [2.05, 4.69) is 5.43 Å². The largest absolute Gasteiger partial charge is 0.375 e. The van der Waals surface area contributed by atoms with Gasteiger partial charge in [-0.3, -0.25) is 11.3 Å². The maximum absolute atomic E-state index is 12.0. The van der Waals surface area contributed by atoms with E-state index in [-0.39, 0.29) is 11.6 Å². The van der Waals surface area contributed by atoms with Crippen molar-refractivity contribution in [2.75, 3.05) is 19.8 Å². The standard InChI is InChI=1S/C13H24F2N2O2/c14-12(15)9-18-6-3-11(17-16)10-2-7-19-13(8-10)4-1-5-13/h10-12,17H,1-9,16H2. The van der Waals surface area contributed by atoms with Crippen LogP contribution in [0.1, 0.15) is 38.5 Å². The Balaban J connectivity index is 1.73. The first-order valence-electron chi connectivity index (χ1n) is 7.11. The predicted molar refractivity (Wildman–Crippen MR) is 67.8 cm³/mol. The van der Waals surface area contributed by atoms with Crippen LogP contribution in [0.2, 0.25) is 0 Å². The lowest BCUT2D eigenvalue weighted by atomic mass is 9.70. The molecule has 2 unspecified atom stereocenters. The van der Waals surface area contributed by atoms with E-state index >= 15 is 0 Å². The first kappa shape index (κ1) is 15.1. The van der Waals surface area contributed by atoms with E-state index in [1.165, 1.54) is 6.42 Å². The molecule has 0 radical (unpaired) electrons. The molecule has 6 heteroatoms. The van der Waals surface area contributed by atoms with E-state index in [1.807, 2.05) is 0 Å². The summed E-state index contributed by atoms with van der Waals surface area (Å²) in [4.78, 5) is 0. The Morgan fingerprint density at radius 2 is 2.21 bits per heavy atom. The van der Waals surface area contributed by atoms with Gasteiger partial charge in [-0.15, -0.1) is 0 Å². The van der Waals surface area contributed by atoms with E-state index in [0.717, 1.165) is 32.3 Å². The summed E-state index contributed by atoms with van der Waals surface area (Å²) >= 11 is 0. The Labute approximate surface area is 113 Å². The maximum Gasteiger partial charge on any atom is 0.261 e. The molecule has 1 saturated heterocycles. The Hall–Kier alpha value is -0.300. The van der Waals surface area contributed by atoms with Crippen LogP contribution in [-0.2, 0) is 9.47 Å². The number of halogens is 2. The van der Waals surface area contributed by atoms with E-state index in [0.29, 0.717) is 18.9 Å². The van der Waals surface area contributed by atoms with Gasteiger partial charge in [-0.25, -0.2) is 8.78 Å². The van der Waals surface area contributed by atoms with Crippen LogP contribution in [0.4, 0.5) is 8.78 Å². The highest BCUT2D eigenvalue weighted by atomic mass is 19.3.